The van der Waals surface area contributed by atoms with Gasteiger partial charge in [0.1, 0.15) is 0 Å². The molecule has 2 nitrogen and oxygen atoms in total. The molecule has 0 aromatic heterocycles. The van der Waals surface area contributed by atoms with Crippen molar-refractivity contribution in [1.82, 2.24) is 4.90 Å². The highest BCUT2D eigenvalue weighted by atomic mass is 19.4. The van der Waals surface area contributed by atoms with Crippen LogP contribution in [0.25, 0.3) is 0 Å². The van der Waals surface area contributed by atoms with Crippen molar-refractivity contribution in [3.05, 3.63) is 35.9 Å². The Labute approximate surface area is 116 Å². The van der Waals surface area contributed by atoms with Crippen LogP contribution in [-0.2, 0) is 6.54 Å². The van der Waals surface area contributed by atoms with Crippen molar-refractivity contribution in [3.63, 3.8) is 0 Å². The fraction of sp³-hybridized carbons (Fsp3) is 0.600. The predicted octanol–water partition coefficient (Wildman–Crippen LogP) is 3.11. The fourth-order valence-corrected chi connectivity index (χ4v) is 3.60. The molecule has 2 bridgehead atoms. The van der Waals surface area contributed by atoms with E-state index >= 15 is 0 Å². The lowest BCUT2D eigenvalue weighted by atomic mass is 9.85. The van der Waals surface area contributed by atoms with Gasteiger partial charge in [0.2, 0.25) is 0 Å². The maximum absolute atomic E-state index is 13.0. The van der Waals surface area contributed by atoms with E-state index < -0.39 is 11.8 Å². The number of rotatable bonds is 2. The Balaban J connectivity index is 1.76. The molecular formula is C15H18F3NO. The van der Waals surface area contributed by atoms with Crippen molar-refractivity contribution in [1.29, 1.82) is 0 Å². The lowest BCUT2D eigenvalue weighted by Gasteiger charge is -2.44. The number of hydrogen-bond donors (Lipinski definition) is 1. The predicted molar refractivity (Wildman–Crippen MR) is 69.0 cm³/mol. The van der Waals surface area contributed by atoms with Gasteiger partial charge < -0.3 is 5.11 Å². The molecule has 0 radical (unpaired) electrons. The van der Waals surface area contributed by atoms with E-state index in [4.69, 9.17) is 0 Å². The smallest absolute Gasteiger partial charge is 0.380 e. The van der Waals surface area contributed by atoms with Crippen molar-refractivity contribution in [3.8, 4) is 0 Å². The van der Waals surface area contributed by atoms with E-state index in [1.807, 2.05) is 30.3 Å². The number of benzene rings is 1. The van der Waals surface area contributed by atoms with Gasteiger partial charge in [0, 0.05) is 31.5 Å². The summed E-state index contributed by atoms with van der Waals surface area (Å²) in [6.07, 6.45) is -3.42. The van der Waals surface area contributed by atoms with Crippen LogP contribution in [0.4, 0.5) is 13.2 Å². The highest BCUT2D eigenvalue weighted by Gasteiger charge is 2.60. The van der Waals surface area contributed by atoms with E-state index in [1.165, 1.54) is 0 Å². The highest BCUT2D eigenvalue weighted by Crippen LogP contribution is 2.48. The first-order chi connectivity index (χ1) is 9.39. The van der Waals surface area contributed by atoms with Gasteiger partial charge in [-0.3, -0.25) is 4.90 Å². The Morgan fingerprint density at radius 1 is 1.10 bits per heavy atom. The van der Waals surface area contributed by atoms with E-state index in [0.717, 1.165) is 18.4 Å². The summed E-state index contributed by atoms with van der Waals surface area (Å²) < 4.78 is 39.0. The molecule has 1 aromatic rings. The average Bonchev–Trinajstić information content (AvgIpc) is 2.63. The van der Waals surface area contributed by atoms with E-state index in [2.05, 4.69) is 4.90 Å². The average molecular weight is 285 g/mol. The van der Waals surface area contributed by atoms with Gasteiger partial charge in [-0.25, -0.2) is 0 Å². The summed E-state index contributed by atoms with van der Waals surface area (Å²) in [4.78, 5) is 2.13. The molecule has 0 saturated carbocycles. The molecule has 2 aliphatic rings. The topological polar surface area (TPSA) is 23.5 Å². The lowest BCUT2D eigenvalue weighted by Crippen LogP contribution is -2.57. The van der Waals surface area contributed by atoms with Crippen LogP contribution in [0, 0.1) is 0 Å². The van der Waals surface area contributed by atoms with Gasteiger partial charge in [-0.2, -0.15) is 13.2 Å². The van der Waals surface area contributed by atoms with Crippen molar-refractivity contribution >= 4 is 0 Å². The summed E-state index contributed by atoms with van der Waals surface area (Å²) in [7, 11) is 0. The van der Waals surface area contributed by atoms with Crippen LogP contribution in [0.2, 0.25) is 0 Å². The molecule has 0 spiro atoms. The molecule has 0 unspecified atom stereocenters. The summed E-state index contributed by atoms with van der Waals surface area (Å²) in [5.41, 5.74) is -1.38. The third kappa shape index (κ3) is 2.33. The van der Waals surface area contributed by atoms with Crippen molar-refractivity contribution in [2.75, 3.05) is 0 Å². The lowest BCUT2D eigenvalue weighted by molar-refractivity contribution is -0.279. The van der Waals surface area contributed by atoms with E-state index in [9.17, 15) is 18.3 Å². The Kier molecular flexibility index (Phi) is 3.29. The molecule has 1 aromatic carbocycles. The minimum Gasteiger partial charge on any atom is -0.380 e. The van der Waals surface area contributed by atoms with E-state index in [0.29, 0.717) is 6.54 Å². The molecule has 20 heavy (non-hydrogen) atoms. The summed E-state index contributed by atoms with van der Waals surface area (Å²) in [6.45, 7) is 0.671. The number of nitrogens with zero attached hydrogens (tertiary/aromatic N) is 1. The Morgan fingerprint density at radius 2 is 1.65 bits per heavy atom. The summed E-state index contributed by atoms with van der Waals surface area (Å²) in [5, 5.41) is 9.92. The van der Waals surface area contributed by atoms with Crippen LogP contribution in [0.1, 0.15) is 31.2 Å². The second kappa shape index (κ2) is 4.74. The number of fused-ring (bicyclic) bond motifs is 2. The van der Waals surface area contributed by atoms with Crippen LogP contribution in [-0.4, -0.2) is 33.9 Å². The number of alkyl halides is 3. The molecule has 0 amide bonds. The van der Waals surface area contributed by atoms with Crippen LogP contribution >= 0.6 is 0 Å². The molecule has 5 heteroatoms. The Hall–Kier alpha value is -1.07. The minimum absolute atomic E-state index is 0.166. The minimum atomic E-state index is -4.52. The Bertz CT molecular complexity index is 460. The SMILES string of the molecule is OC1(C(F)(F)F)C[C@H]2CC[C@H](C1)N2Cc1ccccc1. The standard InChI is InChI=1S/C15H18F3NO/c16-15(17,18)14(20)8-12-6-7-13(9-14)19(12)10-11-4-2-1-3-5-11/h1-5,12-13,20H,6-10H2/t12-,13-/m1/s1. The molecule has 0 aliphatic carbocycles. The molecule has 3 rings (SSSR count). The zero-order valence-electron chi connectivity index (χ0n) is 11.1. The first-order valence-corrected chi connectivity index (χ1v) is 6.98. The first-order valence-electron chi connectivity index (χ1n) is 6.98. The number of aliphatic hydroxyl groups is 1. The van der Waals surface area contributed by atoms with E-state index in [1.54, 1.807) is 0 Å². The highest BCUT2D eigenvalue weighted by molar-refractivity contribution is 5.16. The third-order valence-electron chi connectivity index (χ3n) is 4.65. The zero-order chi connectivity index (χ0) is 14.4. The molecular weight excluding hydrogens is 267 g/mol. The second-order valence-electron chi connectivity index (χ2n) is 5.98. The molecule has 110 valence electrons. The molecule has 2 fully saturated rings. The van der Waals surface area contributed by atoms with Gasteiger partial charge in [0.05, 0.1) is 0 Å². The van der Waals surface area contributed by atoms with Crippen molar-refractivity contribution < 1.29 is 18.3 Å². The number of piperidine rings is 1. The largest absolute Gasteiger partial charge is 0.417 e. The summed E-state index contributed by atoms with van der Waals surface area (Å²) in [5.74, 6) is 0. The van der Waals surface area contributed by atoms with Gasteiger partial charge in [-0.05, 0) is 18.4 Å². The molecule has 1 N–H and O–H groups in total. The normalized spacial score (nSPS) is 34.4. The zero-order valence-corrected chi connectivity index (χ0v) is 11.1. The molecule has 2 aliphatic heterocycles. The van der Waals surface area contributed by atoms with Gasteiger partial charge in [0.15, 0.2) is 5.60 Å². The third-order valence-corrected chi connectivity index (χ3v) is 4.65. The van der Waals surface area contributed by atoms with Gasteiger partial charge >= 0.3 is 6.18 Å². The van der Waals surface area contributed by atoms with Crippen LogP contribution < -0.4 is 0 Å². The number of halogens is 3. The van der Waals surface area contributed by atoms with Crippen LogP contribution in [0.15, 0.2) is 30.3 Å². The monoisotopic (exact) mass is 285 g/mol. The van der Waals surface area contributed by atoms with Gasteiger partial charge in [-0.15, -0.1) is 0 Å². The number of hydrogen-bond acceptors (Lipinski definition) is 2. The van der Waals surface area contributed by atoms with Crippen LogP contribution in [0.3, 0.4) is 0 Å². The maximum atomic E-state index is 13.0. The van der Waals surface area contributed by atoms with Gasteiger partial charge in [0.25, 0.3) is 0 Å². The van der Waals surface area contributed by atoms with Crippen molar-refractivity contribution in [2.45, 2.75) is 56.1 Å². The fourth-order valence-electron chi connectivity index (χ4n) is 3.60. The Morgan fingerprint density at radius 3 is 2.15 bits per heavy atom. The molecule has 2 saturated heterocycles. The second-order valence-corrected chi connectivity index (χ2v) is 5.98. The summed E-state index contributed by atoms with van der Waals surface area (Å²) >= 11 is 0. The van der Waals surface area contributed by atoms with E-state index in [-0.39, 0.29) is 24.9 Å². The molecule has 2 heterocycles. The van der Waals surface area contributed by atoms with Gasteiger partial charge in [-0.1, -0.05) is 30.3 Å². The summed E-state index contributed by atoms with van der Waals surface area (Å²) in [6, 6.07) is 9.45. The molecule has 2 atom stereocenters. The van der Waals surface area contributed by atoms with Crippen molar-refractivity contribution in [2.24, 2.45) is 0 Å². The first kappa shape index (κ1) is 13.9. The van der Waals surface area contributed by atoms with Crippen LogP contribution in [0.5, 0.6) is 0 Å². The quantitative estimate of drug-likeness (QED) is 0.902. The maximum Gasteiger partial charge on any atom is 0.417 e.